The van der Waals surface area contributed by atoms with Crippen LogP contribution in [0.5, 0.6) is 0 Å². The second kappa shape index (κ2) is 3.36. The summed E-state index contributed by atoms with van der Waals surface area (Å²) in [6.45, 7) is 0. The third-order valence-electron chi connectivity index (χ3n) is 1.31. The number of fused-ring (bicyclic) bond motifs is 1. The van der Waals surface area contributed by atoms with Crippen LogP contribution in [-0.2, 0) is 0 Å². The van der Waals surface area contributed by atoms with E-state index in [2.05, 4.69) is 4.98 Å². The first-order chi connectivity index (χ1) is 4.86. The molecule has 11 heavy (non-hydrogen) atoms. The van der Waals surface area contributed by atoms with Gasteiger partial charge in [0, 0.05) is 0 Å². The molecule has 0 radical (unpaired) electrons. The summed E-state index contributed by atoms with van der Waals surface area (Å²) in [7, 11) is 0. The van der Waals surface area contributed by atoms with E-state index in [0.29, 0.717) is 5.13 Å². The second-order valence-corrected chi connectivity index (χ2v) is 3.08. The molecular weight excluding hydrogens is 271 g/mol. The van der Waals surface area contributed by atoms with Crippen LogP contribution in [-0.4, -0.2) is 4.98 Å². The molecule has 0 bridgehead atoms. The highest BCUT2D eigenvalue weighted by Gasteiger charge is 1.96. The van der Waals surface area contributed by atoms with Crippen molar-refractivity contribution in [3.63, 3.8) is 0 Å². The van der Waals surface area contributed by atoms with Gasteiger partial charge >= 0.3 is 0 Å². The van der Waals surface area contributed by atoms with Crippen molar-refractivity contribution in [1.82, 2.24) is 4.98 Å². The smallest absolute Gasteiger partial charge is 0.181 e. The number of thiazole rings is 1. The Kier molecular flexibility index (Phi) is 2.67. The number of rotatable bonds is 0. The molecular formula is C7H7IN2S. The molecule has 2 N–H and O–H groups in total. The Bertz CT molecular complexity index is 325. The number of para-hydroxylation sites is 1. The fourth-order valence-electron chi connectivity index (χ4n) is 0.890. The number of hydrogen-bond donors (Lipinski definition) is 1. The summed E-state index contributed by atoms with van der Waals surface area (Å²) in [5, 5.41) is 0.640. The molecule has 0 amide bonds. The number of hydrogen-bond acceptors (Lipinski definition) is 3. The zero-order valence-electron chi connectivity index (χ0n) is 5.65. The average molecular weight is 278 g/mol. The number of nitrogens with two attached hydrogens (primary N) is 1. The van der Waals surface area contributed by atoms with Crippen LogP contribution in [0.1, 0.15) is 0 Å². The van der Waals surface area contributed by atoms with E-state index in [-0.39, 0.29) is 24.0 Å². The maximum Gasteiger partial charge on any atom is 0.181 e. The largest absolute Gasteiger partial charge is 0.375 e. The molecule has 0 spiro atoms. The second-order valence-electron chi connectivity index (χ2n) is 2.02. The molecule has 1 aromatic heterocycles. The summed E-state index contributed by atoms with van der Waals surface area (Å²) < 4.78 is 1.15. The maximum absolute atomic E-state index is 5.50. The molecule has 0 fully saturated rings. The van der Waals surface area contributed by atoms with Gasteiger partial charge in [-0.25, -0.2) is 4.98 Å². The molecule has 0 unspecified atom stereocenters. The van der Waals surface area contributed by atoms with Gasteiger partial charge < -0.3 is 5.73 Å². The Morgan fingerprint density at radius 1 is 1.27 bits per heavy atom. The maximum atomic E-state index is 5.50. The predicted octanol–water partition coefficient (Wildman–Crippen LogP) is 2.50. The third kappa shape index (κ3) is 1.62. The first-order valence-electron chi connectivity index (χ1n) is 2.97. The van der Waals surface area contributed by atoms with Crippen LogP contribution in [0.25, 0.3) is 10.2 Å². The van der Waals surface area contributed by atoms with Crippen LogP contribution in [0.3, 0.4) is 0 Å². The van der Waals surface area contributed by atoms with E-state index in [4.69, 9.17) is 5.73 Å². The van der Waals surface area contributed by atoms with E-state index in [0.717, 1.165) is 10.2 Å². The van der Waals surface area contributed by atoms with Crippen molar-refractivity contribution in [3.8, 4) is 0 Å². The van der Waals surface area contributed by atoms with E-state index < -0.39 is 0 Å². The predicted molar refractivity (Wildman–Crippen MR) is 59.4 cm³/mol. The quantitative estimate of drug-likeness (QED) is 0.752. The normalized spacial score (nSPS) is 9.45. The molecule has 2 nitrogen and oxygen atoms in total. The van der Waals surface area contributed by atoms with Gasteiger partial charge in [-0.3, -0.25) is 0 Å². The van der Waals surface area contributed by atoms with Crippen LogP contribution in [0, 0.1) is 0 Å². The van der Waals surface area contributed by atoms with Crippen LogP contribution in [0.15, 0.2) is 24.3 Å². The number of anilines is 1. The number of benzene rings is 1. The van der Waals surface area contributed by atoms with Gasteiger partial charge in [-0.1, -0.05) is 23.5 Å². The molecule has 0 aliphatic heterocycles. The van der Waals surface area contributed by atoms with Gasteiger partial charge in [0.1, 0.15) is 0 Å². The molecule has 0 aliphatic carbocycles. The van der Waals surface area contributed by atoms with Crippen LogP contribution < -0.4 is 5.73 Å². The van der Waals surface area contributed by atoms with E-state index in [1.165, 1.54) is 11.3 Å². The molecule has 1 aromatic carbocycles. The Hall–Kier alpha value is -0.360. The van der Waals surface area contributed by atoms with E-state index in [9.17, 15) is 0 Å². The highest BCUT2D eigenvalue weighted by atomic mass is 127. The lowest BCUT2D eigenvalue weighted by Gasteiger charge is -1.80. The molecule has 1 heterocycles. The van der Waals surface area contributed by atoms with Crippen molar-refractivity contribution in [2.75, 3.05) is 5.73 Å². The SMILES string of the molecule is I.Nc1nc2ccccc2s1. The Morgan fingerprint density at radius 3 is 2.73 bits per heavy atom. The Morgan fingerprint density at radius 2 is 2.00 bits per heavy atom. The molecule has 0 saturated carbocycles. The standard InChI is InChI=1S/C7H6N2S.HI/c8-7-9-5-3-1-2-4-6(5)10-7;/h1-4H,(H2,8,9);1H. The molecule has 58 valence electrons. The van der Waals surface area contributed by atoms with Crippen LogP contribution in [0.4, 0.5) is 5.13 Å². The number of nitrogen functional groups attached to an aromatic ring is 1. The lowest BCUT2D eigenvalue weighted by Crippen LogP contribution is -1.78. The van der Waals surface area contributed by atoms with Crippen LogP contribution in [0.2, 0.25) is 0 Å². The summed E-state index contributed by atoms with van der Waals surface area (Å²) in [5.41, 5.74) is 6.49. The van der Waals surface area contributed by atoms with Gasteiger partial charge in [-0.15, -0.1) is 24.0 Å². The summed E-state index contributed by atoms with van der Waals surface area (Å²) in [5.74, 6) is 0. The molecule has 0 aliphatic rings. The summed E-state index contributed by atoms with van der Waals surface area (Å²) >= 11 is 1.52. The van der Waals surface area contributed by atoms with Gasteiger partial charge in [0.2, 0.25) is 0 Å². The minimum atomic E-state index is 0. The minimum Gasteiger partial charge on any atom is -0.375 e. The fourth-order valence-corrected chi connectivity index (χ4v) is 1.62. The zero-order chi connectivity index (χ0) is 6.97. The van der Waals surface area contributed by atoms with Crippen LogP contribution >= 0.6 is 35.3 Å². The Labute approximate surface area is 85.5 Å². The molecule has 4 heteroatoms. The van der Waals surface area contributed by atoms with Gasteiger partial charge in [0.15, 0.2) is 5.13 Å². The lowest BCUT2D eigenvalue weighted by atomic mass is 10.3. The minimum absolute atomic E-state index is 0. The first kappa shape index (κ1) is 8.73. The van der Waals surface area contributed by atoms with Gasteiger partial charge in [0.05, 0.1) is 10.2 Å². The Balaban J connectivity index is 0.000000605. The summed E-state index contributed by atoms with van der Waals surface area (Å²) in [6.07, 6.45) is 0. The van der Waals surface area contributed by atoms with E-state index in [1.54, 1.807) is 0 Å². The van der Waals surface area contributed by atoms with Crippen molar-refractivity contribution in [2.45, 2.75) is 0 Å². The van der Waals surface area contributed by atoms with E-state index >= 15 is 0 Å². The van der Waals surface area contributed by atoms with Crippen molar-refractivity contribution in [3.05, 3.63) is 24.3 Å². The monoisotopic (exact) mass is 278 g/mol. The number of aromatic nitrogens is 1. The molecule has 0 atom stereocenters. The van der Waals surface area contributed by atoms with Crippen molar-refractivity contribution in [2.24, 2.45) is 0 Å². The molecule has 2 rings (SSSR count). The number of halogens is 1. The van der Waals surface area contributed by atoms with Crippen molar-refractivity contribution < 1.29 is 0 Å². The fraction of sp³-hybridized carbons (Fsp3) is 0. The van der Waals surface area contributed by atoms with Gasteiger partial charge in [-0.05, 0) is 12.1 Å². The van der Waals surface area contributed by atoms with Gasteiger partial charge in [0.25, 0.3) is 0 Å². The highest BCUT2D eigenvalue weighted by Crippen LogP contribution is 2.22. The lowest BCUT2D eigenvalue weighted by molar-refractivity contribution is 1.50. The summed E-state index contributed by atoms with van der Waals surface area (Å²) in [4.78, 5) is 4.11. The molecule has 0 saturated heterocycles. The van der Waals surface area contributed by atoms with Crippen molar-refractivity contribution >= 4 is 50.7 Å². The topological polar surface area (TPSA) is 38.9 Å². The molecule has 2 aromatic rings. The zero-order valence-corrected chi connectivity index (χ0v) is 8.80. The van der Waals surface area contributed by atoms with Gasteiger partial charge in [-0.2, -0.15) is 0 Å². The van der Waals surface area contributed by atoms with E-state index in [1.807, 2.05) is 24.3 Å². The summed E-state index contributed by atoms with van der Waals surface area (Å²) in [6, 6.07) is 7.92. The number of nitrogens with zero attached hydrogens (tertiary/aromatic N) is 1. The van der Waals surface area contributed by atoms with Crippen molar-refractivity contribution in [1.29, 1.82) is 0 Å². The first-order valence-corrected chi connectivity index (χ1v) is 3.79. The third-order valence-corrected chi connectivity index (χ3v) is 2.18. The highest BCUT2D eigenvalue weighted by molar-refractivity contribution is 14.0. The average Bonchev–Trinajstić information content (AvgIpc) is 2.27.